The van der Waals surface area contributed by atoms with Gasteiger partial charge in [0.2, 0.25) is 5.95 Å². The van der Waals surface area contributed by atoms with E-state index in [4.69, 9.17) is 9.47 Å². The number of nitrogens with one attached hydrogen (secondary N) is 2. The molecule has 0 spiro atoms. The van der Waals surface area contributed by atoms with Gasteiger partial charge in [-0.25, -0.2) is 0 Å². The number of benzene rings is 1. The average molecular weight is 331 g/mol. The summed E-state index contributed by atoms with van der Waals surface area (Å²) in [6.45, 7) is 4.92. The third kappa shape index (κ3) is 4.97. The number of hydrogen-bond acceptors (Lipinski definition) is 7. The van der Waals surface area contributed by atoms with Crippen molar-refractivity contribution in [3.8, 4) is 11.5 Å². The summed E-state index contributed by atoms with van der Waals surface area (Å²) >= 11 is 0. The van der Waals surface area contributed by atoms with Crippen molar-refractivity contribution in [3.63, 3.8) is 0 Å². The SMILES string of the molecule is CCC(C)Nc1cnnc(NCCc2ccc(OC)c(OC)c2)n1. The van der Waals surface area contributed by atoms with Gasteiger partial charge in [0.05, 0.1) is 20.4 Å². The van der Waals surface area contributed by atoms with Gasteiger partial charge in [-0.1, -0.05) is 13.0 Å². The quantitative estimate of drug-likeness (QED) is 0.731. The van der Waals surface area contributed by atoms with E-state index in [1.807, 2.05) is 18.2 Å². The molecular weight excluding hydrogens is 306 g/mol. The van der Waals surface area contributed by atoms with E-state index in [2.05, 4.69) is 39.7 Å². The lowest BCUT2D eigenvalue weighted by Gasteiger charge is -2.12. The number of ether oxygens (including phenoxy) is 2. The zero-order valence-electron chi connectivity index (χ0n) is 14.7. The maximum absolute atomic E-state index is 5.32. The van der Waals surface area contributed by atoms with Crippen molar-refractivity contribution in [2.45, 2.75) is 32.7 Å². The molecule has 0 aliphatic carbocycles. The lowest BCUT2D eigenvalue weighted by atomic mass is 10.1. The van der Waals surface area contributed by atoms with E-state index in [0.717, 1.165) is 35.7 Å². The molecule has 0 fully saturated rings. The summed E-state index contributed by atoms with van der Waals surface area (Å²) in [5, 5.41) is 14.5. The van der Waals surface area contributed by atoms with Gasteiger partial charge in [-0.15, -0.1) is 5.10 Å². The first-order valence-electron chi connectivity index (χ1n) is 8.07. The minimum absolute atomic E-state index is 0.348. The van der Waals surface area contributed by atoms with Crippen LogP contribution in [0.3, 0.4) is 0 Å². The summed E-state index contributed by atoms with van der Waals surface area (Å²) in [7, 11) is 3.26. The van der Waals surface area contributed by atoms with E-state index in [1.54, 1.807) is 20.4 Å². The number of methoxy groups -OCH3 is 2. The number of aromatic nitrogens is 3. The lowest BCUT2D eigenvalue weighted by Crippen LogP contribution is -2.16. The Labute approximate surface area is 142 Å². The molecule has 0 amide bonds. The third-order valence-corrected chi connectivity index (χ3v) is 3.71. The molecule has 7 nitrogen and oxygen atoms in total. The summed E-state index contributed by atoms with van der Waals surface area (Å²) < 4.78 is 10.6. The molecule has 0 radical (unpaired) electrons. The molecular formula is C17H25N5O2. The van der Waals surface area contributed by atoms with Gasteiger partial charge in [0, 0.05) is 12.6 Å². The molecule has 1 aromatic heterocycles. The van der Waals surface area contributed by atoms with E-state index in [9.17, 15) is 0 Å². The summed E-state index contributed by atoms with van der Waals surface area (Å²) in [5.74, 6) is 2.70. The molecule has 130 valence electrons. The van der Waals surface area contributed by atoms with Crippen LogP contribution in [0.1, 0.15) is 25.8 Å². The fraction of sp³-hybridized carbons (Fsp3) is 0.471. The average Bonchev–Trinajstić information content (AvgIpc) is 2.61. The van der Waals surface area contributed by atoms with Crippen molar-refractivity contribution in [1.82, 2.24) is 15.2 Å². The molecule has 2 rings (SSSR count). The van der Waals surface area contributed by atoms with E-state index >= 15 is 0 Å². The number of anilines is 2. The highest BCUT2D eigenvalue weighted by Crippen LogP contribution is 2.27. The van der Waals surface area contributed by atoms with Gasteiger partial charge in [0.15, 0.2) is 17.3 Å². The Balaban J connectivity index is 1.91. The van der Waals surface area contributed by atoms with E-state index in [1.165, 1.54) is 0 Å². The zero-order chi connectivity index (χ0) is 17.4. The molecule has 1 atom stereocenters. The van der Waals surface area contributed by atoms with Gasteiger partial charge in [-0.3, -0.25) is 0 Å². The Kier molecular flexibility index (Phi) is 6.60. The molecule has 0 aliphatic heterocycles. The summed E-state index contributed by atoms with van der Waals surface area (Å²) in [6.07, 6.45) is 3.46. The molecule has 0 aliphatic rings. The van der Waals surface area contributed by atoms with Crippen molar-refractivity contribution in [2.24, 2.45) is 0 Å². The van der Waals surface area contributed by atoms with Gasteiger partial charge in [0.1, 0.15) is 0 Å². The highest BCUT2D eigenvalue weighted by atomic mass is 16.5. The maximum atomic E-state index is 5.32. The Bertz CT molecular complexity index is 651. The first-order chi connectivity index (χ1) is 11.7. The minimum Gasteiger partial charge on any atom is -0.493 e. The van der Waals surface area contributed by atoms with Crippen molar-refractivity contribution in [2.75, 3.05) is 31.4 Å². The van der Waals surface area contributed by atoms with Crippen LogP contribution in [0.15, 0.2) is 24.4 Å². The van der Waals surface area contributed by atoms with Gasteiger partial charge >= 0.3 is 0 Å². The van der Waals surface area contributed by atoms with Crippen molar-refractivity contribution in [3.05, 3.63) is 30.0 Å². The van der Waals surface area contributed by atoms with Gasteiger partial charge < -0.3 is 20.1 Å². The van der Waals surface area contributed by atoms with Crippen molar-refractivity contribution < 1.29 is 9.47 Å². The number of hydrogen-bond donors (Lipinski definition) is 2. The van der Waals surface area contributed by atoms with Crippen LogP contribution in [0.2, 0.25) is 0 Å². The fourth-order valence-corrected chi connectivity index (χ4v) is 2.16. The molecule has 7 heteroatoms. The van der Waals surface area contributed by atoms with E-state index < -0.39 is 0 Å². The smallest absolute Gasteiger partial charge is 0.244 e. The van der Waals surface area contributed by atoms with Gasteiger partial charge in [-0.05, 0) is 37.5 Å². The topological polar surface area (TPSA) is 81.2 Å². The Morgan fingerprint density at radius 2 is 1.96 bits per heavy atom. The second kappa shape index (κ2) is 8.90. The van der Waals surface area contributed by atoms with E-state index in [-0.39, 0.29) is 0 Å². The molecule has 1 aromatic carbocycles. The van der Waals surface area contributed by atoms with Crippen LogP contribution in [-0.2, 0) is 6.42 Å². The van der Waals surface area contributed by atoms with Crippen LogP contribution < -0.4 is 20.1 Å². The summed E-state index contributed by atoms with van der Waals surface area (Å²) in [6, 6.07) is 6.24. The van der Waals surface area contributed by atoms with Crippen LogP contribution in [0.5, 0.6) is 11.5 Å². The predicted molar refractivity (Wildman–Crippen MR) is 94.9 cm³/mol. The third-order valence-electron chi connectivity index (χ3n) is 3.71. The first-order valence-corrected chi connectivity index (χ1v) is 8.07. The second-order valence-corrected chi connectivity index (χ2v) is 5.48. The summed E-state index contributed by atoms with van der Waals surface area (Å²) in [5.41, 5.74) is 1.14. The van der Waals surface area contributed by atoms with Crippen LogP contribution in [0, 0.1) is 0 Å². The molecule has 2 aromatic rings. The Hall–Kier alpha value is -2.57. The van der Waals surface area contributed by atoms with Gasteiger partial charge in [0.25, 0.3) is 0 Å². The standard InChI is InChI=1S/C17H25N5O2/c1-5-12(2)20-16-11-19-22-17(21-16)18-9-8-13-6-7-14(23-3)15(10-13)24-4/h6-7,10-12H,5,8-9H2,1-4H3,(H2,18,20,21,22). The first kappa shape index (κ1) is 17.8. The molecule has 0 saturated heterocycles. The molecule has 24 heavy (non-hydrogen) atoms. The zero-order valence-corrected chi connectivity index (χ0v) is 14.7. The predicted octanol–water partition coefficient (Wildman–Crippen LogP) is 2.75. The maximum Gasteiger partial charge on any atom is 0.244 e. The van der Waals surface area contributed by atoms with Crippen molar-refractivity contribution in [1.29, 1.82) is 0 Å². The minimum atomic E-state index is 0.348. The summed E-state index contributed by atoms with van der Waals surface area (Å²) in [4.78, 5) is 4.41. The monoisotopic (exact) mass is 331 g/mol. The van der Waals surface area contributed by atoms with Crippen LogP contribution in [-0.4, -0.2) is 42.0 Å². The Morgan fingerprint density at radius 3 is 2.67 bits per heavy atom. The largest absolute Gasteiger partial charge is 0.493 e. The fourth-order valence-electron chi connectivity index (χ4n) is 2.16. The normalized spacial score (nSPS) is 11.7. The number of rotatable bonds is 9. The lowest BCUT2D eigenvalue weighted by molar-refractivity contribution is 0.354. The molecule has 0 saturated carbocycles. The molecule has 2 N–H and O–H groups in total. The Morgan fingerprint density at radius 1 is 1.17 bits per heavy atom. The van der Waals surface area contributed by atoms with E-state index in [0.29, 0.717) is 18.5 Å². The highest BCUT2D eigenvalue weighted by molar-refractivity contribution is 5.43. The second-order valence-electron chi connectivity index (χ2n) is 5.48. The molecule has 1 unspecified atom stereocenters. The van der Waals surface area contributed by atoms with Gasteiger partial charge in [-0.2, -0.15) is 10.1 Å². The number of nitrogens with zero attached hydrogens (tertiary/aromatic N) is 3. The van der Waals surface area contributed by atoms with Crippen LogP contribution >= 0.6 is 0 Å². The highest BCUT2D eigenvalue weighted by Gasteiger charge is 2.06. The van der Waals surface area contributed by atoms with Crippen molar-refractivity contribution >= 4 is 11.8 Å². The molecule has 1 heterocycles. The van der Waals surface area contributed by atoms with Crippen LogP contribution in [0.25, 0.3) is 0 Å². The van der Waals surface area contributed by atoms with Crippen LogP contribution in [0.4, 0.5) is 11.8 Å². The molecule has 0 bridgehead atoms.